The number of benzene rings is 1. The maximum Gasteiger partial charge on any atom is 0.224 e. The number of rotatable bonds is 7. The van der Waals surface area contributed by atoms with Crippen molar-refractivity contribution in [2.75, 3.05) is 25.5 Å². The lowest BCUT2D eigenvalue weighted by atomic mass is 10.1. The Labute approximate surface area is 212 Å². The molecule has 4 heterocycles. The summed E-state index contributed by atoms with van der Waals surface area (Å²) in [6, 6.07) is 15.9. The Morgan fingerprint density at radius 2 is 1.83 bits per heavy atom. The zero-order valence-electron chi connectivity index (χ0n) is 21.4. The van der Waals surface area contributed by atoms with E-state index in [1.165, 1.54) is 0 Å². The van der Waals surface area contributed by atoms with E-state index in [0.29, 0.717) is 30.1 Å². The zero-order valence-corrected chi connectivity index (χ0v) is 21.4. The molecule has 188 valence electrons. The van der Waals surface area contributed by atoms with Crippen molar-refractivity contribution >= 4 is 17.0 Å². The lowest BCUT2D eigenvalue weighted by molar-refractivity contribution is 0.0738. The number of aryl methyl sites for hydroxylation is 1. The fourth-order valence-corrected chi connectivity index (χ4v) is 4.54. The summed E-state index contributed by atoms with van der Waals surface area (Å²) in [6.07, 6.45) is 4.26. The van der Waals surface area contributed by atoms with Crippen LogP contribution in [0.5, 0.6) is 5.75 Å². The highest BCUT2D eigenvalue weighted by Gasteiger charge is 2.20. The minimum atomic E-state index is -1.03. The number of anilines is 1. The summed E-state index contributed by atoms with van der Waals surface area (Å²) in [5.41, 5.74) is 2.48. The summed E-state index contributed by atoms with van der Waals surface area (Å²) in [4.78, 5) is 16.3. The number of nitrogens with one attached hydrogen (secondary N) is 1. The summed E-state index contributed by atoms with van der Waals surface area (Å²) in [5, 5.41) is 14.7. The number of fused-ring (bicyclic) bond motifs is 1. The first-order valence-electron chi connectivity index (χ1n) is 12.5. The molecule has 1 aliphatic heterocycles. The number of aromatic nitrogens is 4. The van der Waals surface area contributed by atoms with Gasteiger partial charge in [0, 0.05) is 36.9 Å². The molecule has 8 nitrogen and oxygen atoms in total. The van der Waals surface area contributed by atoms with E-state index in [1.807, 2.05) is 54.1 Å². The topological polar surface area (TPSA) is 88.3 Å². The summed E-state index contributed by atoms with van der Waals surface area (Å²) in [7, 11) is 2.16. The van der Waals surface area contributed by atoms with Gasteiger partial charge in [0.1, 0.15) is 23.3 Å². The Hall–Kier alpha value is -3.49. The highest BCUT2D eigenvalue weighted by atomic mass is 16.5. The van der Waals surface area contributed by atoms with Gasteiger partial charge in [-0.15, -0.1) is 0 Å². The molecule has 8 heteroatoms. The molecule has 1 saturated heterocycles. The van der Waals surface area contributed by atoms with Gasteiger partial charge in [0.15, 0.2) is 5.65 Å². The Balaban J connectivity index is 1.30. The second-order valence-electron chi connectivity index (χ2n) is 10.2. The first-order chi connectivity index (χ1) is 17.3. The molecule has 1 aromatic carbocycles. The normalized spacial score (nSPS) is 15.4. The number of ether oxygens (including phenoxy) is 1. The Morgan fingerprint density at radius 1 is 1.08 bits per heavy atom. The van der Waals surface area contributed by atoms with E-state index in [0.717, 1.165) is 54.0 Å². The van der Waals surface area contributed by atoms with E-state index >= 15 is 0 Å². The van der Waals surface area contributed by atoms with Crippen LogP contribution in [0.1, 0.15) is 43.6 Å². The first kappa shape index (κ1) is 24.2. The van der Waals surface area contributed by atoms with Crippen molar-refractivity contribution in [2.45, 2.75) is 51.9 Å². The van der Waals surface area contributed by atoms with Crippen LogP contribution in [0.3, 0.4) is 0 Å². The van der Waals surface area contributed by atoms with E-state index in [9.17, 15) is 5.11 Å². The maximum atomic E-state index is 10.4. The number of hydrogen-bond acceptors (Lipinski definition) is 7. The SMILES string of the molecule is Cc1cc2cnc(NCc3ccc(OC4CCN(C)CC4)cc3)nc2n1-c1cccc(C(C)(C)O)n1. The standard InChI is InChI=1S/C28H34N6O2/c1-19-16-21-18-30-27(32-26(21)34(19)25-7-5-6-24(31-25)28(2,3)35)29-17-20-8-10-22(11-9-20)36-23-12-14-33(4)15-13-23/h5-11,16,18,23,35H,12-15,17H2,1-4H3,(H,29,30,32). The van der Waals surface area contributed by atoms with Gasteiger partial charge in [-0.05, 0) is 76.6 Å². The smallest absolute Gasteiger partial charge is 0.224 e. The summed E-state index contributed by atoms with van der Waals surface area (Å²) in [6.45, 7) is 8.25. The predicted octanol–water partition coefficient (Wildman–Crippen LogP) is 4.44. The minimum absolute atomic E-state index is 0.295. The Morgan fingerprint density at radius 3 is 2.56 bits per heavy atom. The van der Waals surface area contributed by atoms with Crippen LogP contribution in [0.25, 0.3) is 16.9 Å². The molecule has 0 saturated carbocycles. The molecule has 1 aliphatic rings. The third-order valence-corrected chi connectivity index (χ3v) is 6.66. The van der Waals surface area contributed by atoms with Gasteiger partial charge in [0.25, 0.3) is 0 Å². The molecule has 3 aromatic heterocycles. The average molecular weight is 487 g/mol. The Bertz CT molecular complexity index is 1330. The molecule has 0 unspecified atom stereocenters. The van der Waals surface area contributed by atoms with Crippen LogP contribution in [0.2, 0.25) is 0 Å². The van der Waals surface area contributed by atoms with Crippen molar-refractivity contribution in [3.8, 4) is 11.6 Å². The van der Waals surface area contributed by atoms with Gasteiger partial charge in [-0.25, -0.2) is 9.97 Å². The first-order valence-corrected chi connectivity index (χ1v) is 12.5. The van der Waals surface area contributed by atoms with Crippen LogP contribution < -0.4 is 10.1 Å². The number of hydrogen-bond donors (Lipinski definition) is 2. The lowest BCUT2D eigenvalue weighted by Crippen LogP contribution is -2.35. The molecule has 2 N–H and O–H groups in total. The molecule has 0 atom stereocenters. The quantitative estimate of drug-likeness (QED) is 0.399. The molecular weight excluding hydrogens is 452 g/mol. The number of likely N-dealkylation sites (tertiary alicyclic amines) is 1. The second kappa shape index (κ2) is 9.87. The van der Waals surface area contributed by atoms with E-state index < -0.39 is 5.60 Å². The monoisotopic (exact) mass is 486 g/mol. The van der Waals surface area contributed by atoms with Crippen LogP contribution in [-0.4, -0.2) is 55.8 Å². The summed E-state index contributed by atoms with van der Waals surface area (Å²) in [5.74, 6) is 2.18. The van der Waals surface area contributed by atoms with Gasteiger partial charge in [0.2, 0.25) is 5.95 Å². The predicted molar refractivity (Wildman–Crippen MR) is 142 cm³/mol. The molecule has 1 fully saturated rings. The van der Waals surface area contributed by atoms with Crippen LogP contribution in [0.4, 0.5) is 5.95 Å². The molecule has 0 aliphatic carbocycles. The van der Waals surface area contributed by atoms with Gasteiger partial charge in [-0.3, -0.25) is 4.57 Å². The maximum absolute atomic E-state index is 10.4. The highest BCUT2D eigenvalue weighted by molar-refractivity contribution is 5.79. The summed E-state index contributed by atoms with van der Waals surface area (Å²) >= 11 is 0. The van der Waals surface area contributed by atoms with E-state index in [2.05, 4.69) is 34.4 Å². The average Bonchev–Trinajstić information content (AvgIpc) is 3.19. The van der Waals surface area contributed by atoms with Crippen LogP contribution in [-0.2, 0) is 12.1 Å². The zero-order chi connectivity index (χ0) is 25.3. The van der Waals surface area contributed by atoms with E-state index in [1.54, 1.807) is 13.8 Å². The molecule has 0 bridgehead atoms. The molecular formula is C28H34N6O2. The summed E-state index contributed by atoms with van der Waals surface area (Å²) < 4.78 is 8.15. The lowest BCUT2D eigenvalue weighted by Gasteiger charge is -2.29. The van der Waals surface area contributed by atoms with Crippen LogP contribution in [0.15, 0.2) is 54.7 Å². The number of aliphatic hydroxyl groups is 1. The molecule has 36 heavy (non-hydrogen) atoms. The molecule has 0 amide bonds. The fraction of sp³-hybridized carbons (Fsp3) is 0.393. The van der Waals surface area contributed by atoms with Crippen molar-refractivity contribution in [1.82, 2.24) is 24.4 Å². The van der Waals surface area contributed by atoms with Gasteiger partial charge in [0.05, 0.1) is 5.69 Å². The number of pyridine rings is 1. The molecule has 4 aromatic rings. The van der Waals surface area contributed by atoms with Crippen molar-refractivity contribution in [3.05, 3.63) is 71.7 Å². The van der Waals surface area contributed by atoms with E-state index in [4.69, 9.17) is 14.7 Å². The minimum Gasteiger partial charge on any atom is -0.490 e. The van der Waals surface area contributed by atoms with Crippen LogP contribution in [0, 0.1) is 6.92 Å². The van der Waals surface area contributed by atoms with Crippen molar-refractivity contribution in [1.29, 1.82) is 0 Å². The van der Waals surface area contributed by atoms with Crippen molar-refractivity contribution in [2.24, 2.45) is 0 Å². The van der Waals surface area contributed by atoms with Crippen molar-refractivity contribution < 1.29 is 9.84 Å². The Kier molecular flexibility index (Phi) is 6.64. The molecule has 5 rings (SSSR count). The largest absolute Gasteiger partial charge is 0.490 e. The fourth-order valence-electron chi connectivity index (χ4n) is 4.54. The third kappa shape index (κ3) is 5.34. The van der Waals surface area contributed by atoms with Crippen molar-refractivity contribution in [3.63, 3.8) is 0 Å². The van der Waals surface area contributed by atoms with Gasteiger partial charge in [-0.1, -0.05) is 18.2 Å². The van der Waals surface area contributed by atoms with E-state index in [-0.39, 0.29) is 0 Å². The van der Waals surface area contributed by atoms with Gasteiger partial charge < -0.3 is 20.1 Å². The molecule has 0 spiro atoms. The second-order valence-corrected chi connectivity index (χ2v) is 10.2. The number of nitrogens with zero attached hydrogens (tertiary/aromatic N) is 5. The number of piperidine rings is 1. The van der Waals surface area contributed by atoms with Gasteiger partial charge >= 0.3 is 0 Å². The highest BCUT2D eigenvalue weighted by Crippen LogP contribution is 2.25. The molecule has 0 radical (unpaired) electrons. The third-order valence-electron chi connectivity index (χ3n) is 6.66. The van der Waals surface area contributed by atoms with Gasteiger partial charge in [-0.2, -0.15) is 4.98 Å². The van der Waals surface area contributed by atoms with Crippen LogP contribution >= 0.6 is 0 Å².